The van der Waals surface area contributed by atoms with Crippen LogP contribution in [0.2, 0.25) is 19.6 Å². The van der Waals surface area contributed by atoms with Crippen LogP contribution in [0, 0.1) is 0 Å². The van der Waals surface area contributed by atoms with Crippen molar-refractivity contribution in [3.8, 4) is 0 Å². The maximum atomic E-state index is 12.2. The Hall–Kier alpha value is -1.66. The molecule has 0 aliphatic heterocycles. The summed E-state index contributed by atoms with van der Waals surface area (Å²) in [5.74, 6) is -0.935. The molecule has 21 heavy (non-hydrogen) atoms. The van der Waals surface area contributed by atoms with Gasteiger partial charge in [0.25, 0.3) is 5.91 Å². The van der Waals surface area contributed by atoms with Gasteiger partial charge in [-0.1, -0.05) is 12.1 Å². The summed E-state index contributed by atoms with van der Waals surface area (Å²) in [6.45, 7) is 10.5. The Bertz CT molecular complexity index is 536. The average Bonchev–Trinajstić information content (AvgIpc) is 2.33. The number of hydrogen-bond acceptors (Lipinski definition) is 3. The van der Waals surface area contributed by atoms with Gasteiger partial charge in [0.1, 0.15) is 0 Å². The van der Waals surface area contributed by atoms with Crippen LogP contribution in [-0.4, -0.2) is 32.3 Å². The predicted octanol–water partition coefficient (Wildman–Crippen LogP) is 2.15. The third-order valence-electron chi connectivity index (χ3n) is 2.69. The molecule has 5 nitrogen and oxygen atoms in total. The number of carbonyl (C=O) groups excluding carboxylic acids is 2. The van der Waals surface area contributed by atoms with Gasteiger partial charge in [-0.05, 0) is 45.6 Å². The number of nitrogens with one attached hydrogen (secondary N) is 1. The van der Waals surface area contributed by atoms with Gasteiger partial charge in [-0.3, -0.25) is 9.59 Å². The van der Waals surface area contributed by atoms with Crippen LogP contribution in [0.1, 0.15) is 34.6 Å². The molecule has 0 heterocycles. The molecule has 3 N–H and O–H groups in total. The molecule has 0 radical (unpaired) electrons. The topological polar surface area (TPSA) is 81.4 Å². The summed E-state index contributed by atoms with van der Waals surface area (Å²) >= 11 is 0. The van der Waals surface area contributed by atoms with Crippen molar-refractivity contribution in [1.29, 1.82) is 0 Å². The van der Waals surface area contributed by atoms with Gasteiger partial charge in [0, 0.05) is 6.54 Å². The fourth-order valence-electron chi connectivity index (χ4n) is 2.15. The number of rotatable bonds is 6. The Kier molecular flexibility index (Phi) is 5.30. The maximum absolute atomic E-state index is 12.2. The van der Waals surface area contributed by atoms with Crippen LogP contribution in [0.25, 0.3) is 0 Å². The first-order valence-electron chi connectivity index (χ1n) is 6.89. The van der Waals surface area contributed by atoms with Crippen LogP contribution in [0.5, 0.6) is 0 Å². The summed E-state index contributed by atoms with van der Waals surface area (Å²) < 4.78 is 6.02. The molecule has 0 spiro atoms. The molecule has 0 saturated heterocycles. The highest BCUT2D eigenvalue weighted by Crippen LogP contribution is 2.17. The van der Waals surface area contributed by atoms with Gasteiger partial charge in [0.15, 0.2) is 8.32 Å². The Morgan fingerprint density at radius 2 is 1.71 bits per heavy atom. The molecule has 2 amide bonds. The molecule has 1 aromatic carbocycles. The number of primary amides is 1. The summed E-state index contributed by atoms with van der Waals surface area (Å²) in [4.78, 5) is 23.6. The van der Waals surface area contributed by atoms with Crippen molar-refractivity contribution in [2.24, 2.45) is 5.73 Å². The molecular weight excluding hydrogens is 284 g/mol. The summed E-state index contributed by atoms with van der Waals surface area (Å²) in [6.07, 6.45) is 0. The van der Waals surface area contributed by atoms with E-state index in [-0.39, 0.29) is 17.0 Å². The van der Waals surface area contributed by atoms with E-state index in [2.05, 4.69) is 25.0 Å². The van der Waals surface area contributed by atoms with Crippen LogP contribution >= 0.6 is 0 Å². The van der Waals surface area contributed by atoms with E-state index >= 15 is 0 Å². The lowest BCUT2D eigenvalue weighted by molar-refractivity contribution is 0.0793. The Morgan fingerprint density at radius 3 is 2.19 bits per heavy atom. The lowest BCUT2D eigenvalue weighted by Gasteiger charge is -2.33. The lowest BCUT2D eigenvalue weighted by Crippen LogP contribution is -2.46. The van der Waals surface area contributed by atoms with Crippen molar-refractivity contribution in [2.45, 2.75) is 39.1 Å². The van der Waals surface area contributed by atoms with E-state index in [0.717, 1.165) is 0 Å². The van der Waals surface area contributed by atoms with Gasteiger partial charge in [0.05, 0.1) is 16.7 Å². The van der Waals surface area contributed by atoms with Crippen molar-refractivity contribution in [3.63, 3.8) is 0 Å². The third kappa shape index (κ3) is 5.69. The van der Waals surface area contributed by atoms with Crippen LogP contribution in [0.4, 0.5) is 0 Å². The van der Waals surface area contributed by atoms with E-state index in [1.165, 1.54) is 0 Å². The first-order valence-corrected chi connectivity index (χ1v) is 10.3. The van der Waals surface area contributed by atoms with Crippen LogP contribution in [0.15, 0.2) is 24.3 Å². The van der Waals surface area contributed by atoms with Crippen molar-refractivity contribution < 1.29 is 14.0 Å². The minimum Gasteiger partial charge on any atom is -0.411 e. The summed E-state index contributed by atoms with van der Waals surface area (Å²) in [7, 11) is -1.70. The van der Waals surface area contributed by atoms with E-state index in [0.29, 0.717) is 6.54 Å². The van der Waals surface area contributed by atoms with Crippen LogP contribution in [-0.2, 0) is 4.43 Å². The highest BCUT2D eigenvalue weighted by atomic mass is 28.4. The summed E-state index contributed by atoms with van der Waals surface area (Å²) in [5, 5.41) is 2.81. The molecule has 1 aromatic rings. The molecule has 0 fully saturated rings. The Balaban J connectivity index is 2.77. The molecular formula is C15H24N2O3Si. The molecule has 0 aromatic heterocycles. The van der Waals surface area contributed by atoms with Crippen molar-refractivity contribution in [1.82, 2.24) is 5.32 Å². The van der Waals surface area contributed by atoms with E-state index in [1.54, 1.807) is 24.3 Å². The first-order chi connectivity index (χ1) is 9.52. The average molecular weight is 308 g/mol. The number of hydrogen-bond donors (Lipinski definition) is 2. The largest absolute Gasteiger partial charge is 0.411 e. The van der Waals surface area contributed by atoms with Gasteiger partial charge in [-0.25, -0.2) is 0 Å². The zero-order valence-electron chi connectivity index (χ0n) is 13.3. The molecule has 0 bridgehead atoms. The van der Waals surface area contributed by atoms with Crippen molar-refractivity contribution >= 4 is 20.1 Å². The minimum absolute atomic E-state index is 0.221. The molecule has 6 heteroatoms. The number of nitrogens with two attached hydrogens (primary N) is 1. The van der Waals surface area contributed by atoms with Gasteiger partial charge < -0.3 is 15.5 Å². The monoisotopic (exact) mass is 308 g/mol. The highest BCUT2D eigenvalue weighted by Gasteiger charge is 2.28. The molecule has 0 aliphatic carbocycles. The Labute approximate surface area is 127 Å². The fraction of sp³-hybridized carbons (Fsp3) is 0.467. The van der Waals surface area contributed by atoms with Gasteiger partial charge in [0.2, 0.25) is 5.91 Å². The van der Waals surface area contributed by atoms with Crippen molar-refractivity contribution in [3.05, 3.63) is 35.4 Å². The molecule has 116 valence electrons. The van der Waals surface area contributed by atoms with Gasteiger partial charge in [-0.2, -0.15) is 0 Å². The van der Waals surface area contributed by atoms with E-state index < -0.39 is 19.8 Å². The maximum Gasteiger partial charge on any atom is 0.252 e. The molecule has 0 aliphatic rings. The second-order valence-corrected chi connectivity index (χ2v) is 11.0. The van der Waals surface area contributed by atoms with E-state index in [4.69, 9.17) is 10.2 Å². The third-order valence-corrected chi connectivity index (χ3v) is 3.86. The smallest absolute Gasteiger partial charge is 0.252 e. The molecule has 0 atom stereocenters. The van der Waals surface area contributed by atoms with Crippen LogP contribution in [0.3, 0.4) is 0 Å². The molecule has 1 rings (SSSR count). The molecule has 0 saturated carbocycles. The lowest BCUT2D eigenvalue weighted by atomic mass is 10.1. The van der Waals surface area contributed by atoms with E-state index in [1.807, 2.05) is 13.8 Å². The van der Waals surface area contributed by atoms with Gasteiger partial charge in [-0.15, -0.1) is 0 Å². The first kappa shape index (κ1) is 17.4. The standard InChI is InChI=1S/C15H24N2O3Si/c1-15(2,20-21(3,4)5)10-17-14(19)12-9-7-6-8-11(12)13(16)18/h6-9H,10H2,1-5H3,(H2,16,18)(H,17,19). The quantitative estimate of drug-likeness (QED) is 0.790. The predicted molar refractivity (Wildman–Crippen MR) is 85.8 cm³/mol. The SMILES string of the molecule is CC(C)(CNC(=O)c1ccccc1C(N)=O)O[Si](C)(C)C. The number of amides is 2. The highest BCUT2D eigenvalue weighted by molar-refractivity contribution is 6.69. The second kappa shape index (κ2) is 6.40. The summed E-state index contributed by atoms with van der Waals surface area (Å²) in [5.41, 5.74) is 5.33. The van der Waals surface area contributed by atoms with Crippen LogP contribution < -0.4 is 11.1 Å². The number of benzene rings is 1. The number of carbonyl (C=O) groups is 2. The Morgan fingerprint density at radius 1 is 1.19 bits per heavy atom. The summed E-state index contributed by atoms with van der Waals surface area (Å²) in [6, 6.07) is 6.50. The fourth-order valence-corrected chi connectivity index (χ4v) is 3.88. The van der Waals surface area contributed by atoms with Gasteiger partial charge >= 0.3 is 0 Å². The minimum atomic E-state index is -1.70. The zero-order chi connectivity index (χ0) is 16.3. The second-order valence-electron chi connectivity index (χ2n) is 6.57. The zero-order valence-corrected chi connectivity index (χ0v) is 14.3. The van der Waals surface area contributed by atoms with E-state index in [9.17, 15) is 9.59 Å². The normalized spacial score (nSPS) is 12.0. The molecule has 0 unspecified atom stereocenters. The van der Waals surface area contributed by atoms with Crippen molar-refractivity contribution in [2.75, 3.05) is 6.54 Å².